The minimum Gasteiger partial charge on any atom is -0.469 e. The topological polar surface area (TPSA) is 13.1 Å². The fraction of sp³-hybridized carbons (Fsp3) is 0.400. The van der Waals surface area contributed by atoms with Crippen LogP contribution < -0.4 is 0 Å². The Labute approximate surface area is 81.6 Å². The molecular weight excluding hydrogens is 216 g/mol. The van der Waals surface area contributed by atoms with Gasteiger partial charge in [0.25, 0.3) is 0 Å². The van der Waals surface area contributed by atoms with Crippen LogP contribution in [-0.4, -0.2) is 5.33 Å². The van der Waals surface area contributed by atoms with Gasteiger partial charge >= 0.3 is 0 Å². The molecule has 2 heteroatoms. The minimum absolute atomic E-state index is 0.605. The van der Waals surface area contributed by atoms with Crippen molar-refractivity contribution in [2.45, 2.75) is 12.8 Å². The molecule has 0 amide bonds. The van der Waals surface area contributed by atoms with Crippen molar-refractivity contribution in [3.05, 3.63) is 36.8 Å². The van der Waals surface area contributed by atoms with Gasteiger partial charge in [-0.05, 0) is 24.5 Å². The predicted molar refractivity (Wildman–Crippen MR) is 54.5 cm³/mol. The van der Waals surface area contributed by atoms with E-state index in [0.29, 0.717) is 5.92 Å². The van der Waals surface area contributed by atoms with Gasteiger partial charge in [0, 0.05) is 11.8 Å². The third-order valence-electron chi connectivity index (χ3n) is 1.79. The number of halogens is 1. The molecule has 0 bridgehead atoms. The normalized spacial score (nSPS) is 12.8. The standard InChI is InChI=1S/C10H13BrO/c1-2-4-9(8-11)7-10-5-3-6-12-10/h2-3,5-6,9H,1,4,7-8H2. The Morgan fingerprint density at radius 2 is 2.50 bits per heavy atom. The van der Waals surface area contributed by atoms with E-state index in [4.69, 9.17) is 4.42 Å². The predicted octanol–water partition coefficient (Wildman–Crippen LogP) is 3.41. The van der Waals surface area contributed by atoms with Crippen LogP contribution >= 0.6 is 15.9 Å². The second kappa shape index (κ2) is 5.20. The summed E-state index contributed by atoms with van der Waals surface area (Å²) in [4.78, 5) is 0. The van der Waals surface area contributed by atoms with E-state index in [1.54, 1.807) is 6.26 Å². The number of furan rings is 1. The highest BCUT2D eigenvalue weighted by molar-refractivity contribution is 9.09. The highest BCUT2D eigenvalue weighted by atomic mass is 79.9. The van der Waals surface area contributed by atoms with Gasteiger partial charge in [-0.3, -0.25) is 0 Å². The highest BCUT2D eigenvalue weighted by Gasteiger charge is 2.07. The van der Waals surface area contributed by atoms with Crippen LogP contribution in [0.5, 0.6) is 0 Å². The summed E-state index contributed by atoms with van der Waals surface area (Å²) in [7, 11) is 0. The molecule has 1 aromatic rings. The zero-order chi connectivity index (χ0) is 8.81. The van der Waals surface area contributed by atoms with Gasteiger partial charge in [0.05, 0.1) is 6.26 Å². The number of hydrogen-bond acceptors (Lipinski definition) is 1. The number of alkyl halides is 1. The van der Waals surface area contributed by atoms with Crippen molar-refractivity contribution in [3.63, 3.8) is 0 Å². The number of hydrogen-bond donors (Lipinski definition) is 0. The molecule has 0 aliphatic carbocycles. The van der Waals surface area contributed by atoms with E-state index in [9.17, 15) is 0 Å². The quantitative estimate of drug-likeness (QED) is 0.557. The van der Waals surface area contributed by atoms with Crippen molar-refractivity contribution in [1.29, 1.82) is 0 Å². The Morgan fingerprint density at radius 3 is 3.00 bits per heavy atom. The Bertz CT molecular complexity index is 216. The second-order valence-electron chi connectivity index (χ2n) is 2.83. The van der Waals surface area contributed by atoms with Gasteiger partial charge in [-0.2, -0.15) is 0 Å². The Balaban J connectivity index is 2.42. The van der Waals surface area contributed by atoms with E-state index < -0.39 is 0 Å². The molecule has 1 atom stereocenters. The molecule has 1 aromatic heterocycles. The molecule has 0 aliphatic rings. The summed E-state index contributed by atoms with van der Waals surface area (Å²) in [6.45, 7) is 3.73. The van der Waals surface area contributed by atoms with Crippen LogP contribution in [0.15, 0.2) is 35.5 Å². The molecule has 0 fully saturated rings. The van der Waals surface area contributed by atoms with E-state index in [2.05, 4.69) is 22.5 Å². The Hall–Kier alpha value is -0.500. The van der Waals surface area contributed by atoms with Crippen molar-refractivity contribution in [3.8, 4) is 0 Å². The molecule has 0 aromatic carbocycles. The van der Waals surface area contributed by atoms with Crippen molar-refractivity contribution < 1.29 is 4.42 Å². The summed E-state index contributed by atoms with van der Waals surface area (Å²) in [5, 5.41) is 1.000. The van der Waals surface area contributed by atoms with Crippen LogP contribution in [0.2, 0.25) is 0 Å². The van der Waals surface area contributed by atoms with Crippen LogP contribution in [0.3, 0.4) is 0 Å². The van der Waals surface area contributed by atoms with Crippen molar-refractivity contribution >= 4 is 15.9 Å². The molecule has 1 heterocycles. The summed E-state index contributed by atoms with van der Waals surface area (Å²) >= 11 is 3.47. The number of allylic oxidation sites excluding steroid dienone is 1. The van der Waals surface area contributed by atoms with Gasteiger partial charge < -0.3 is 4.42 Å². The second-order valence-corrected chi connectivity index (χ2v) is 3.48. The van der Waals surface area contributed by atoms with Crippen LogP contribution in [0.4, 0.5) is 0 Å². The van der Waals surface area contributed by atoms with Gasteiger partial charge in [-0.25, -0.2) is 0 Å². The summed E-state index contributed by atoms with van der Waals surface area (Å²) in [6, 6.07) is 3.94. The third kappa shape index (κ3) is 2.86. The van der Waals surface area contributed by atoms with Gasteiger partial charge in [0.1, 0.15) is 5.76 Å². The summed E-state index contributed by atoms with van der Waals surface area (Å²) < 4.78 is 5.26. The third-order valence-corrected chi connectivity index (χ3v) is 2.70. The van der Waals surface area contributed by atoms with E-state index in [0.717, 1.165) is 23.9 Å². The van der Waals surface area contributed by atoms with Crippen LogP contribution in [0.1, 0.15) is 12.2 Å². The van der Waals surface area contributed by atoms with Gasteiger partial charge in [-0.1, -0.05) is 22.0 Å². The lowest BCUT2D eigenvalue weighted by atomic mass is 10.0. The molecule has 0 N–H and O–H groups in total. The van der Waals surface area contributed by atoms with Crippen molar-refractivity contribution in [1.82, 2.24) is 0 Å². The van der Waals surface area contributed by atoms with E-state index in [1.807, 2.05) is 18.2 Å². The van der Waals surface area contributed by atoms with Gasteiger partial charge in [0.15, 0.2) is 0 Å². The molecule has 0 aliphatic heterocycles. The maximum absolute atomic E-state index is 5.26. The molecular formula is C10H13BrO. The maximum atomic E-state index is 5.26. The van der Waals surface area contributed by atoms with E-state index in [1.165, 1.54) is 0 Å². The molecule has 1 rings (SSSR count). The lowest BCUT2D eigenvalue weighted by Crippen LogP contribution is -2.03. The molecule has 0 spiro atoms. The summed E-state index contributed by atoms with van der Waals surface area (Å²) in [5.41, 5.74) is 0. The first-order valence-corrected chi connectivity index (χ1v) is 5.18. The molecule has 66 valence electrons. The highest BCUT2D eigenvalue weighted by Crippen LogP contribution is 2.15. The fourth-order valence-corrected chi connectivity index (χ4v) is 1.64. The molecule has 1 nitrogen and oxygen atoms in total. The molecule has 1 unspecified atom stereocenters. The summed E-state index contributed by atoms with van der Waals surface area (Å²) in [5.74, 6) is 1.66. The average Bonchev–Trinajstić information content (AvgIpc) is 2.56. The van der Waals surface area contributed by atoms with Gasteiger partial charge in [0.2, 0.25) is 0 Å². The molecule has 12 heavy (non-hydrogen) atoms. The SMILES string of the molecule is C=CCC(CBr)Cc1ccco1. The van der Waals surface area contributed by atoms with E-state index in [-0.39, 0.29) is 0 Å². The molecule has 0 saturated heterocycles. The van der Waals surface area contributed by atoms with Crippen LogP contribution in [-0.2, 0) is 6.42 Å². The number of rotatable bonds is 5. The lowest BCUT2D eigenvalue weighted by molar-refractivity contribution is 0.463. The van der Waals surface area contributed by atoms with Gasteiger partial charge in [-0.15, -0.1) is 6.58 Å². The van der Waals surface area contributed by atoms with Crippen LogP contribution in [0.25, 0.3) is 0 Å². The average molecular weight is 229 g/mol. The first kappa shape index (κ1) is 9.59. The fourth-order valence-electron chi connectivity index (χ4n) is 1.15. The smallest absolute Gasteiger partial charge is 0.104 e. The first-order chi connectivity index (χ1) is 5.86. The van der Waals surface area contributed by atoms with Crippen molar-refractivity contribution in [2.24, 2.45) is 5.92 Å². The largest absolute Gasteiger partial charge is 0.469 e. The Kier molecular flexibility index (Phi) is 4.15. The summed E-state index contributed by atoms with van der Waals surface area (Å²) in [6.07, 6.45) is 5.69. The minimum atomic E-state index is 0.605. The van der Waals surface area contributed by atoms with Crippen LogP contribution in [0, 0.1) is 5.92 Å². The molecule has 0 radical (unpaired) electrons. The molecule has 0 saturated carbocycles. The Morgan fingerprint density at radius 1 is 1.67 bits per heavy atom. The monoisotopic (exact) mass is 228 g/mol. The van der Waals surface area contributed by atoms with E-state index >= 15 is 0 Å². The zero-order valence-electron chi connectivity index (χ0n) is 7.00. The lowest BCUT2D eigenvalue weighted by Gasteiger charge is -2.08. The van der Waals surface area contributed by atoms with Crippen molar-refractivity contribution in [2.75, 3.05) is 5.33 Å². The maximum Gasteiger partial charge on any atom is 0.104 e. The zero-order valence-corrected chi connectivity index (χ0v) is 8.59. The first-order valence-electron chi connectivity index (χ1n) is 4.06.